The van der Waals surface area contributed by atoms with E-state index in [4.69, 9.17) is 10.2 Å². The van der Waals surface area contributed by atoms with Crippen molar-refractivity contribution in [2.24, 2.45) is 0 Å². The molecular formula is C8H19NaO5S. The van der Waals surface area contributed by atoms with Crippen LogP contribution in [0.1, 0.15) is 33.1 Å². The summed E-state index contributed by atoms with van der Waals surface area (Å²) in [6.45, 7) is 3.46. The van der Waals surface area contributed by atoms with Crippen LogP contribution in [0.3, 0.4) is 0 Å². The number of unbranched alkanes of at least 4 members (excludes halogenated alkanes) is 1. The summed E-state index contributed by atoms with van der Waals surface area (Å²) in [6.07, 6.45) is 1.83. The van der Waals surface area contributed by atoms with Crippen molar-refractivity contribution in [1.29, 1.82) is 0 Å². The van der Waals surface area contributed by atoms with Crippen molar-refractivity contribution in [2.75, 3.05) is 13.2 Å². The zero-order chi connectivity index (χ0) is 11.6. The predicted octanol–water partition coefficient (Wildman–Crippen LogP) is -2.91. The van der Waals surface area contributed by atoms with Crippen LogP contribution in [-0.2, 0) is 10.1 Å². The molecule has 0 aliphatic heterocycles. The van der Waals surface area contributed by atoms with E-state index in [2.05, 4.69) is 0 Å². The van der Waals surface area contributed by atoms with E-state index >= 15 is 0 Å². The average molecular weight is 250 g/mol. The molecule has 0 heterocycles. The fourth-order valence-electron chi connectivity index (χ4n) is 0.428. The van der Waals surface area contributed by atoms with Crippen LogP contribution in [0.25, 0.3) is 0 Å². The van der Waals surface area contributed by atoms with E-state index < -0.39 is 15.4 Å². The Bertz CT molecular complexity index is 201. The predicted molar refractivity (Wildman–Crippen MR) is 52.9 cm³/mol. The van der Waals surface area contributed by atoms with Gasteiger partial charge in [0.1, 0.15) is 0 Å². The zero-order valence-corrected chi connectivity index (χ0v) is 12.5. The van der Waals surface area contributed by atoms with Gasteiger partial charge in [0.15, 0.2) is 0 Å². The van der Waals surface area contributed by atoms with Crippen LogP contribution < -0.4 is 29.6 Å². The molecule has 0 saturated carbocycles. The van der Waals surface area contributed by atoms with Crippen molar-refractivity contribution in [1.82, 2.24) is 0 Å². The van der Waals surface area contributed by atoms with Gasteiger partial charge in [0.2, 0.25) is 0 Å². The van der Waals surface area contributed by atoms with Crippen molar-refractivity contribution in [2.45, 2.75) is 38.4 Å². The summed E-state index contributed by atoms with van der Waals surface area (Å²) in [7, 11) is -4.00. The summed E-state index contributed by atoms with van der Waals surface area (Å²) < 4.78 is 30.0. The number of hydrogen-bond acceptors (Lipinski definition) is 5. The Hall–Kier alpha value is 0.830. The van der Waals surface area contributed by atoms with E-state index in [-0.39, 0.29) is 42.8 Å². The molecule has 0 radical (unpaired) electrons. The van der Waals surface area contributed by atoms with E-state index in [0.717, 1.165) is 12.8 Å². The Kier molecular flexibility index (Phi) is 18.2. The minimum atomic E-state index is -4.00. The van der Waals surface area contributed by atoms with Crippen molar-refractivity contribution >= 4 is 10.1 Å². The monoisotopic (exact) mass is 250 g/mol. The second-order valence-electron chi connectivity index (χ2n) is 2.87. The van der Waals surface area contributed by atoms with Gasteiger partial charge in [-0.15, -0.1) is 0 Å². The number of aliphatic hydroxyl groups excluding tert-OH is 2. The third kappa shape index (κ3) is 17.4. The van der Waals surface area contributed by atoms with Gasteiger partial charge >= 0.3 is 29.6 Å². The summed E-state index contributed by atoms with van der Waals surface area (Å²) in [5.74, 6) is 0. The molecule has 5 nitrogen and oxygen atoms in total. The fourth-order valence-corrected chi connectivity index (χ4v) is 0.836. The normalized spacial score (nSPS) is 12.1. The first-order chi connectivity index (χ1) is 6.40. The molecule has 0 aromatic rings. The van der Waals surface area contributed by atoms with Gasteiger partial charge in [-0.2, -0.15) is 0 Å². The molecule has 0 amide bonds. The molecule has 0 spiro atoms. The molecule has 0 fully saturated rings. The van der Waals surface area contributed by atoms with Gasteiger partial charge in [0.05, 0.1) is 10.1 Å². The second kappa shape index (κ2) is 12.9. The molecule has 0 rings (SSSR count). The van der Waals surface area contributed by atoms with Gasteiger partial charge < -0.3 is 14.8 Å². The summed E-state index contributed by atoms with van der Waals surface area (Å²) >= 11 is 0. The molecule has 2 N–H and O–H groups in total. The molecule has 15 heavy (non-hydrogen) atoms. The van der Waals surface area contributed by atoms with Gasteiger partial charge in [0.25, 0.3) is 0 Å². The number of hydrogen-bond donors (Lipinski definition) is 2. The minimum Gasteiger partial charge on any atom is -0.748 e. The number of rotatable bonds is 5. The largest absolute Gasteiger partial charge is 1.00 e. The molecule has 88 valence electrons. The van der Waals surface area contributed by atoms with Crippen LogP contribution in [0, 0.1) is 0 Å². The first-order valence-corrected chi connectivity index (χ1v) is 6.03. The molecule has 1 atom stereocenters. The van der Waals surface area contributed by atoms with Gasteiger partial charge in [-0.05, 0) is 26.2 Å². The fraction of sp³-hybridized carbons (Fsp3) is 1.00. The standard InChI is InChI=1S/C4H10O3S.C4H10O2.Na/c1-3-4(2)8(5,6)7;5-3-1-2-4-6;/h4H,3H2,1-2H3,(H,5,6,7);5-6H,1-4H2;/q;;+1/p-1. The first-order valence-electron chi connectivity index (χ1n) is 4.56. The van der Waals surface area contributed by atoms with Crippen LogP contribution in [0.2, 0.25) is 0 Å². The molecule has 1 unspecified atom stereocenters. The van der Waals surface area contributed by atoms with E-state index in [9.17, 15) is 13.0 Å². The van der Waals surface area contributed by atoms with Crippen molar-refractivity contribution in [3.8, 4) is 0 Å². The number of aliphatic hydroxyl groups is 2. The third-order valence-corrected chi connectivity index (χ3v) is 2.95. The van der Waals surface area contributed by atoms with Crippen molar-refractivity contribution in [3.05, 3.63) is 0 Å². The third-order valence-electron chi connectivity index (χ3n) is 1.63. The van der Waals surface area contributed by atoms with E-state index in [0.29, 0.717) is 6.42 Å². The quantitative estimate of drug-likeness (QED) is 0.309. The van der Waals surface area contributed by atoms with Crippen LogP contribution >= 0.6 is 0 Å². The molecule has 0 aromatic heterocycles. The van der Waals surface area contributed by atoms with E-state index in [1.807, 2.05) is 0 Å². The Labute approximate surface area is 114 Å². The van der Waals surface area contributed by atoms with Crippen LogP contribution in [0.4, 0.5) is 0 Å². The zero-order valence-electron chi connectivity index (χ0n) is 9.64. The first kappa shape index (κ1) is 21.1. The topological polar surface area (TPSA) is 97.7 Å². The molecule has 0 aromatic carbocycles. The smallest absolute Gasteiger partial charge is 0.748 e. The molecule has 0 aliphatic carbocycles. The molecule has 7 heteroatoms. The minimum absolute atomic E-state index is 0. The Morgan fingerprint density at radius 3 is 1.60 bits per heavy atom. The maximum atomic E-state index is 10.0. The SMILES string of the molecule is CCC(C)S(=O)(=O)[O-].OCCCCO.[Na+]. The second-order valence-corrected chi connectivity index (χ2v) is 4.66. The molecule has 0 bridgehead atoms. The van der Waals surface area contributed by atoms with Gasteiger partial charge in [-0.25, -0.2) is 8.42 Å². The summed E-state index contributed by atoms with van der Waals surface area (Å²) in [6, 6.07) is 0. The summed E-state index contributed by atoms with van der Waals surface area (Å²) in [5, 5.41) is 15.4. The maximum Gasteiger partial charge on any atom is 1.00 e. The van der Waals surface area contributed by atoms with Gasteiger partial charge in [-0.1, -0.05) is 6.92 Å². The van der Waals surface area contributed by atoms with Gasteiger partial charge in [-0.3, -0.25) is 0 Å². The summed E-state index contributed by atoms with van der Waals surface area (Å²) in [5.41, 5.74) is 0. The Morgan fingerprint density at radius 2 is 1.53 bits per heavy atom. The molecular weight excluding hydrogens is 231 g/mol. The van der Waals surface area contributed by atoms with E-state index in [1.54, 1.807) is 6.92 Å². The maximum absolute atomic E-state index is 10.0. The van der Waals surface area contributed by atoms with Crippen molar-refractivity contribution < 1.29 is 52.7 Å². The Balaban J connectivity index is -0.000000187. The van der Waals surface area contributed by atoms with Crippen molar-refractivity contribution in [3.63, 3.8) is 0 Å². The van der Waals surface area contributed by atoms with Crippen LogP contribution in [0.15, 0.2) is 0 Å². The van der Waals surface area contributed by atoms with Crippen LogP contribution in [-0.4, -0.2) is 41.6 Å². The van der Waals surface area contributed by atoms with Crippen LogP contribution in [0.5, 0.6) is 0 Å². The average Bonchev–Trinajstić information content (AvgIpc) is 2.12. The molecule has 0 aliphatic rings. The Morgan fingerprint density at radius 1 is 1.20 bits per heavy atom. The van der Waals surface area contributed by atoms with Gasteiger partial charge in [0, 0.05) is 18.5 Å². The summed E-state index contributed by atoms with van der Waals surface area (Å²) in [4.78, 5) is 0. The molecule has 0 saturated heterocycles. The van der Waals surface area contributed by atoms with E-state index in [1.165, 1.54) is 6.92 Å².